The molecule has 6 nitrogen and oxygen atoms in total. The van der Waals surface area contributed by atoms with E-state index in [2.05, 4.69) is 12.2 Å². The van der Waals surface area contributed by atoms with E-state index in [9.17, 15) is 14.7 Å². The number of amides is 2. The summed E-state index contributed by atoms with van der Waals surface area (Å²) in [6.45, 7) is 6.45. The summed E-state index contributed by atoms with van der Waals surface area (Å²) in [5, 5.41) is 13.2. The highest BCUT2D eigenvalue weighted by atomic mass is 35.5. The van der Waals surface area contributed by atoms with Gasteiger partial charge in [-0.1, -0.05) is 19.1 Å². The minimum Gasteiger partial charge on any atom is -0.507 e. The fourth-order valence-electron chi connectivity index (χ4n) is 3.97. The van der Waals surface area contributed by atoms with Crippen molar-refractivity contribution in [3.8, 4) is 5.75 Å². The van der Waals surface area contributed by atoms with Crippen molar-refractivity contribution >= 4 is 24.2 Å². The number of para-hydroxylation sites is 1. The van der Waals surface area contributed by atoms with Gasteiger partial charge in [-0.25, -0.2) is 0 Å². The Hall–Kier alpha value is -1.79. The van der Waals surface area contributed by atoms with Crippen molar-refractivity contribution in [2.45, 2.75) is 26.2 Å². The topological polar surface area (TPSA) is 72.9 Å². The van der Waals surface area contributed by atoms with Crippen LogP contribution in [0.5, 0.6) is 5.75 Å². The Labute approximate surface area is 167 Å². The molecule has 1 atom stereocenters. The largest absolute Gasteiger partial charge is 0.507 e. The maximum Gasteiger partial charge on any atom is 0.257 e. The number of hydrogen-bond donors (Lipinski definition) is 2. The van der Waals surface area contributed by atoms with Crippen LogP contribution in [0.25, 0.3) is 0 Å². The van der Waals surface area contributed by atoms with Gasteiger partial charge in [0, 0.05) is 32.6 Å². The van der Waals surface area contributed by atoms with Crippen molar-refractivity contribution in [3.63, 3.8) is 0 Å². The molecule has 27 heavy (non-hydrogen) atoms. The van der Waals surface area contributed by atoms with Gasteiger partial charge in [0.15, 0.2) is 0 Å². The van der Waals surface area contributed by atoms with Gasteiger partial charge in [-0.05, 0) is 49.9 Å². The van der Waals surface area contributed by atoms with Crippen LogP contribution in [0.3, 0.4) is 0 Å². The molecule has 0 radical (unpaired) electrons. The quantitative estimate of drug-likeness (QED) is 0.819. The molecule has 1 aromatic carbocycles. The lowest BCUT2D eigenvalue weighted by Crippen LogP contribution is -2.51. The number of hydrogen-bond acceptors (Lipinski definition) is 4. The average molecular weight is 396 g/mol. The van der Waals surface area contributed by atoms with Gasteiger partial charge in [-0.3, -0.25) is 9.59 Å². The smallest absolute Gasteiger partial charge is 0.257 e. The minimum atomic E-state index is -0.168. The highest BCUT2D eigenvalue weighted by Crippen LogP contribution is 2.25. The van der Waals surface area contributed by atoms with Gasteiger partial charge in [0.2, 0.25) is 5.91 Å². The summed E-state index contributed by atoms with van der Waals surface area (Å²) in [6, 6.07) is 6.60. The number of phenolic OH excluding ortho intramolecular Hbond substituents is 1. The van der Waals surface area contributed by atoms with E-state index >= 15 is 0 Å². The van der Waals surface area contributed by atoms with Gasteiger partial charge in [-0.2, -0.15) is 0 Å². The molecule has 1 unspecified atom stereocenters. The summed E-state index contributed by atoms with van der Waals surface area (Å²) in [5.74, 6) is 1.07. The van der Waals surface area contributed by atoms with Crippen molar-refractivity contribution < 1.29 is 14.7 Å². The summed E-state index contributed by atoms with van der Waals surface area (Å²) in [6.07, 6.45) is 2.90. The summed E-state index contributed by atoms with van der Waals surface area (Å²) >= 11 is 0. The number of carbonyl (C=O) groups excluding carboxylic acids is 2. The highest BCUT2D eigenvalue weighted by Gasteiger charge is 2.28. The number of benzene rings is 1. The van der Waals surface area contributed by atoms with Crippen LogP contribution in [0.1, 0.15) is 36.5 Å². The number of piperazine rings is 1. The Balaban J connectivity index is 0.00000261. The van der Waals surface area contributed by atoms with Crippen molar-refractivity contribution in [2.24, 2.45) is 11.8 Å². The number of nitrogens with one attached hydrogen (secondary N) is 1. The van der Waals surface area contributed by atoms with Gasteiger partial charge < -0.3 is 20.2 Å². The molecule has 0 aromatic heterocycles. The Morgan fingerprint density at radius 3 is 2.33 bits per heavy atom. The molecule has 2 saturated heterocycles. The predicted molar refractivity (Wildman–Crippen MR) is 107 cm³/mol. The monoisotopic (exact) mass is 395 g/mol. The van der Waals surface area contributed by atoms with E-state index in [1.54, 1.807) is 23.1 Å². The van der Waals surface area contributed by atoms with E-state index < -0.39 is 0 Å². The van der Waals surface area contributed by atoms with Crippen molar-refractivity contribution in [1.29, 1.82) is 0 Å². The molecule has 2 fully saturated rings. The second kappa shape index (κ2) is 9.95. The molecule has 0 saturated carbocycles. The van der Waals surface area contributed by atoms with Crippen molar-refractivity contribution in [2.75, 3.05) is 39.3 Å². The van der Waals surface area contributed by atoms with E-state index in [0.717, 1.165) is 25.9 Å². The molecular weight excluding hydrogens is 366 g/mol. The maximum absolute atomic E-state index is 12.6. The number of phenols is 1. The van der Waals surface area contributed by atoms with Crippen LogP contribution in [0.15, 0.2) is 24.3 Å². The number of piperidine rings is 1. The van der Waals surface area contributed by atoms with E-state index in [4.69, 9.17) is 0 Å². The first-order chi connectivity index (χ1) is 12.6. The van der Waals surface area contributed by atoms with Crippen LogP contribution >= 0.6 is 12.4 Å². The molecule has 1 aromatic rings. The molecule has 150 valence electrons. The number of rotatable bonds is 4. The molecular formula is C20H30ClN3O3. The lowest BCUT2D eigenvalue weighted by molar-refractivity contribution is -0.134. The van der Waals surface area contributed by atoms with Crippen molar-refractivity contribution in [3.05, 3.63) is 29.8 Å². The van der Waals surface area contributed by atoms with Gasteiger partial charge >= 0.3 is 0 Å². The average Bonchev–Trinajstić information content (AvgIpc) is 2.68. The lowest BCUT2D eigenvalue weighted by atomic mass is 9.84. The lowest BCUT2D eigenvalue weighted by Gasteiger charge is -2.36. The molecule has 2 N–H and O–H groups in total. The van der Waals surface area contributed by atoms with Crippen LogP contribution in [0, 0.1) is 11.8 Å². The summed E-state index contributed by atoms with van der Waals surface area (Å²) in [7, 11) is 0. The molecule has 3 rings (SSSR count). The molecule has 2 aliphatic heterocycles. The Kier molecular flexibility index (Phi) is 7.92. The number of carbonyl (C=O) groups is 2. The number of halogens is 1. The number of nitrogens with zero attached hydrogens (tertiary/aromatic N) is 2. The van der Waals surface area contributed by atoms with Gasteiger partial charge in [-0.15, -0.1) is 12.4 Å². The molecule has 7 heteroatoms. The minimum absolute atomic E-state index is 0. The van der Waals surface area contributed by atoms with Crippen LogP contribution in [-0.2, 0) is 4.79 Å². The zero-order chi connectivity index (χ0) is 18.5. The third-order valence-corrected chi connectivity index (χ3v) is 5.74. The van der Waals surface area contributed by atoms with Crippen LogP contribution < -0.4 is 5.32 Å². The maximum atomic E-state index is 12.6. The summed E-state index contributed by atoms with van der Waals surface area (Å²) in [5.41, 5.74) is 0.326. The summed E-state index contributed by atoms with van der Waals surface area (Å²) in [4.78, 5) is 28.8. The zero-order valence-electron chi connectivity index (χ0n) is 15.9. The first kappa shape index (κ1) is 21.5. The molecule has 0 aliphatic carbocycles. The van der Waals surface area contributed by atoms with E-state index in [0.29, 0.717) is 50.0 Å². The first-order valence-corrected chi connectivity index (χ1v) is 9.62. The first-order valence-electron chi connectivity index (χ1n) is 9.62. The van der Waals surface area contributed by atoms with E-state index in [1.807, 2.05) is 4.90 Å². The molecule has 2 amide bonds. The SMILES string of the molecule is CC(CC(=O)N1CCN(C(=O)c2ccccc2O)CC1)C1CCNCC1.Cl. The van der Waals surface area contributed by atoms with Crippen LogP contribution in [0.2, 0.25) is 0 Å². The molecule has 2 heterocycles. The zero-order valence-corrected chi connectivity index (χ0v) is 16.7. The second-order valence-corrected chi connectivity index (χ2v) is 7.46. The Morgan fingerprint density at radius 1 is 1.11 bits per heavy atom. The number of aromatic hydroxyl groups is 1. The van der Waals surface area contributed by atoms with Crippen LogP contribution in [0.4, 0.5) is 0 Å². The molecule has 0 spiro atoms. The van der Waals surface area contributed by atoms with Gasteiger partial charge in [0.1, 0.15) is 5.75 Å². The molecule has 2 aliphatic rings. The van der Waals surface area contributed by atoms with Crippen LogP contribution in [-0.4, -0.2) is 66.0 Å². The third-order valence-electron chi connectivity index (χ3n) is 5.74. The highest BCUT2D eigenvalue weighted by molar-refractivity contribution is 5.97. The normalized spacial score (nSPS) is 19.3. The fourth-order valence-corrected chi connectivity index (χ4v) is 3.97. The van der Waals surface area contributed by atoms with Gasteiger partial charge in [0.25, 0.3) is 5.91 Å². The molecule has 0 bridgehead atoms. The fraction of sp³-hybridized carbons (Fsp3) is 0.600. The van der Waals surface area contributed by atoms with Crippen molar-refractivity contribution in [1.82, 2.24) is 15.1 Å². The standard InChI is InChI=1S/C20H29N3O3.ClH/c1-15(16-6-8-21-9-7-16)14-19(25)22-10-12-23(13-11-22)20(26)17-4-2-3-5-18(17)24;/h2-5,15-16,21,24H,6-14H2,1H3;1H. The van der Waals surface area contributed by atoms with E-state index in [1.165, 1.54) is 6.07 Å². The third kappa shape index (κ3) is 5.36. The van der Waals surface area contributed by atoms with Gasteiger partial charge in [0.05, 0.1) is 5.56 Å². The second-order valence-electron chi connectivity index (χ2n) is 7.46. The predicted octanol–water partition coefficient (Wildman–Crippen LogP) is 2.12. The van der Waals surface area contributed by atoms with E-state index in [-0.39, 0.29) is 30.0 Å². The summed E-state index contributed by atoms with van der Waals surface area (Å²) < 4.78 is 0. The Bertz CT molecular complexity index is 641. The Morgan fingerprint density at radius 2 is 1.70 bits per heavy atom.